The largest absolute Gasteiger partial charge is 0.346 e. The van der Waals surface area contributed by atoms with Gasteiger partial charge < -0.3 is 10.7 Å². The van der Waals surface area contributed by atoms with Gasteiger partial charge in [0.15, 0.2) is 0 Å². The molecule has 3 aromatic rings. The zero-order valence-corrected chi connectivity index (χ0v) is 10.8. The molecule has 3 heteroatoms. The SMILES string of the molecule is NCc1ccc(CCc2c[nH]c3ncccc23)cc1. The number of benzene rings is 1. The van der Waals surface area contributed by atoms with E-state index in [-0.39, 0.29) is 0 Å². The van der Waals surface area contributed by atoms with Crippen molar-refractivity contribution in [3.05, 3.63) is 65.5 Å². The van der Waals surface area contributed by atoms with Gasteiger partial charge in [0.05, 0.1) is 0 Å². The number of fused-ring (bicyclic) bond motifs is 1. The summed E-state index contributed by atoms with van der Waals surface area (Å²) in [7, 11) is 0. The van der Waals surface area contributed by atoms with Crippen LogP contribution in [-0.2, 0) is 19.4 Å². The summed E-state index contributed by atoms with van der Waals surface area (Å²) in [5.41, 5.74) is 10.4. The molecule has 0 spiro atoms. The Hall–Kier alpha value is -2.13. The summed E-state index contributed by atoms with van der Waals surface area (Å²) in [6.45, 7) is 0.606. The first-order valence-electron chi connectivity index (χ1n) is 6.55. The lowest BCUT2D eigenvalue weighted by molar-refractivity contribution is 0.963. The van der Waals surface area contributed by atoms with Crippen LogP contribution < -0.4 is 5.73 Å². The summed E-state index contributed by atoms with van der Waals surface area (Å²) >= 11 is 0. The normalized spacial score (nSPS) is 11.0. The van der Waals surface area contributed by atoms with Gasteiger partial charge in [-0.1, -0.05) is 24.3 Å². The van der Waals surface area contributed by atoms with Crippen molar-refractivity contribution in [2.24, 2.45) is 5.73 Å². The van der Waals surface area contributed by atoms with E-state index in [1.54, 1.807) is 0 Å². The van der Waals surface area contributed by atoms with E-state index in [0.29, 0.717) is 6.54 Å². The molecule has 0 unspecified atom stereocenters. The van der Waals surface area contributed by atoms with Gasteiger partial charge in [0.1, 0.15) is 5.65 Å². The first kappa shape index (κ1) is 11.9. The third-order valence-electron chi connectivity index (χ3n) is 3.48. The maximum absolute atomic E-state index is 5.60. The monoisotopic (exact) mass is 251 g/mol. The molecule has 0 atom stereocenters. The molecule has 3 N–H and O–H groups in total. The molecule has 0 aliphatic rings. The molecule has 0 aliphatic carbocycles. The zero-order chi connectivity index (χ0) is 13.1. The number of hydrogen-bond donors (Lipinski definition) is 2. The number of aryl methyl sites for hydroxylation is 2. The molecule has 2 heterocycles. The Balaban J connectivity index is 1.74. The highest BCUT2D eigenvalue weighted by molar-refractivity contribution is 5.79. The van der Waals surface area contributed by atoms with Crippen LogP contribution in [0.5, 0.6) is 0 Å². The third kappa shape index (κ3) is 2.51. The molecule has 0 amide bonds. The van der Waals surface area contributed by atoms with E-state index >= 15 is 0 Å². The molecule has 0 aliphatic heterocycles. The van der Waals surface area contributed by atoms with Gasteiger partial charge in [-0.3, -0.25) is 0 Å². The molecule has 3 nitrogen and oxygen atoms in total. The van der Waals surface area contributed by atoms with Gasteiger partial charge in [-0.15, -0.1) is 0 Å². The lowest BCUT2D eigenvalue weighted by Crippen LogP contribution is -1.96. The number of nitrogens with one attached hydrogen (secondary N) is 1. The smallest absolute Gasteiger partial charge is 0.137 e. The summed E-state index contributed by atoms with van der Waals surface area (Å²) in [4.78, 5) is 7.53. The average molecular weight is 251 g/mol. The zero-order valence-electron chi connectivity index (χ0n) is 10.8. The minimum Gasteiger partial charge on any atom is -0.346 e. The van der Waals surface area contributed by atoms with Crippen molar-refractivity contribution in [2.75, 3.05) is 0 Å². The molecule has 3 rings (SSSR count). The summed E-state index contributed by atoms with van der Waals surface area (Å²) in [6, 6.07) is 12.6. The van der Waals surface area contributed by atoms with Gasteiger partial charge in [0.25, 0.3) is 0 Å². The molecule has 0 saturated heterocycles. The van der Waals surface area contributed by atoms with Gasteiger partial charge in [-0.25, -0.2) is 4.98 Å². The third-order valence-corrected chi connectivity index (χ3v) is 3.48. The van der Waals surface area contributed by atoms with Crippen LogP contribution in [0, 0.1) is 0 Å². The number of H-pyrrole nitrogens is 1. The van der Waals surface area contributed by atoms with Crippen molar-refractivity contribution in [2.45, 2.75) is 19.4 Å². The fourth-order valence-electron chi connectivity index (χ4n) is 2.34. The molecular formula is C16H17N3. The van der Waals surface area contributed by atoms with E-state index < -0.39 is 0 Å². The highest BCUT2D eigenvalue weighted by Gasteiger charge is 2.04. The summed E-state index contributed by atoms with van der Waals surface area (Å²) in [5, 5.41) is 1.22. The van der Waals surface area contributed by atoms with Gasteiger partial charge in [0, 0.05) is 24.3 Å². The second kappa shape index (κ2) is 5.24. The van der Waals surface area contributed by atoms with Crippen molar-refractivity contribution >= 4 is 11.0 Å². The highest BCUT2D eigenvalue weighted by Crippen LogP contribution is 2.17. The molecule has 19 heavy (non-hydrogen) atoms. The average Bonchev–Trinajstić information content (AvgIpc) is 2.89. The molecule has 0 fully saturated rings. The molecule has 0 bridgehead atoms. The van der Waals surface area contributed by atoms with Crippen LogP contribution >= 0.6 is 0 Å². The summed E-state index contributed by atoms with van der Waals surface area (Å²) in [5.74, 6) is 0. The Morgan fingerprint density at radius 3 is 2.58 bits per heavy atom. The van der Waals surface area contributed by atoms with Gasteiger partial charge in [0.2, 0.25) is 0 Å². The second-order valence-corrected chi connectivity index (χ2v) is 4.73. The van der Waals surface area contributed by atoms with Crippen molar-refractivity contribution in [3.63, 3.8) is 0 Å². The van der Waals surface area contributed by atoms with Crippen LogP contribution in [0.1, 0.15) is 16.7 Å². The minimum absolute atomic E-state index is 0.606. The molecule has 1 aromatic carbocycles. The van der Waals surface area contributed by atoms with Crippen LogP contribution in [0.4, 0.5) is 0 Å². The molecule has 0 saturated carbocycles. The number of aromatic nitrogens is 2. The summed E-state index contributed by atoms with van der Waals surface area (Å²) in [6.07, 6.45) is 5.93. The van der Waals surface area contributed by atoms with E-state index in [0.717, 1.165) is 18.5 Å². The predicted octanol–water partition coefficient (Wildman–Crippen LogP) is 2.81. The maximum Gasteiger partial charge on any atom is 0.137 e. The van der Waals surface area contributed by atoms with Crippen LogP contribution in [0.25, 0.3) is 11.0 Å². The predicted molar refractivity (Wildman–Crippen MR) is 77.8 cm³/mol. The Morgan fingerprint density at radius 1 is 1.00 bits per heavy atom. The van der Waals surface area contributed by atoms with E-state index in [9.17, 15) is 0 Å². The quantitative estimate of drug-likeness (QED) is 0.749. The van der Waals surface area contributed by atoms with E-state index in [2.05, 4.69) is 46.5 Å². The van der Waals surface area contributed by atoms with Gasteiger partial charge in [-0.2, -0.15) is 0 Å². The van der Waals surface area contributed by atoms with E-state index in [4.69, 9.17) is 5.73 Å². The highest BCUT2D eigenvalue weighted by atomic mass is 14.8. The van der Waals surface area contributed by atoms with Crippen molar-refractivity contribution < 1.29 is 0 Å². The fourth-order valence-corrected chi connectivity index (χ4v) is 2.34. The first-order chi connectivity index (χ1) is 9.36. The number of nitrogens with zero attached hydrogens (tertiary/aromatic N) is 1. The van der Waals surface area contributed by atoms with Crippen LogP contribution in [0.15, 0.2) is 48.8 Å². The van der Waals surface area contributed by atoms with Crippen molar-refractivity contribution in [1.82, 2.24) is 9.97 Å². The second-order valence-electron chi connectivity index (χ2n) is 4.73. The Kier molecular flexibility index (Phi) is 3.29. The Bertz CT molecular complexity index is 668. The maximum atomic E-state index is 5.60. The molecular weight excluding hydrogens is 234 g/mol. The summed E-state index contributed by atoms with van der Waals surface area (Å²) < 4.78 is 0. The van der Waals surface area contributed by atoms with E-state index in [1.165, 1.54) is 22.1 Å². The van der Waals surface area contributed by atoms with Crippen LogP contribution in [-0.4, -0.2) is 9.97 Å². The topological polar surface area (TPSA) is 54.7 Å². The number of rotatable bonds is 4. The first-order valence-corrected chi connectivity index (χ1v) is 6.55. The minimum atomic E-state index is 0.606. The Labute approximate surface area is 112 Å². The van der Waals surface area contributed by atoms with E-state index in [1.807, 2.05) is 12.3 Å². The van der Waals surface area contributed by atoms with Crippen LogP contribution in [0.2, 0.25) is 0 Å². The Morgan fingerprint density at radius 2 is 1.79 bits per heavy atom. The van der Waals surface area contributed by atoms with Gasteiger partial charge in [-0.05, 0) is 41.7 Å². The lowest BCUT2D eigenvalue weighted by Gasteiger charge is -2.02. The van der Waals surface area contributed by atoms with Crippen molar-refractivity contribution in [1.29, 1.82) is 0 Å². The number of hydrogen-bond acceptors (Lipinski definition) is 2. The van der Waals surface area contributed by atoms with Crippen molar-refractivity contribution in [3.8, 4) is 0 Å². The number of nitrogens with two attached hydrogens (primary N) is 1. The number of aromatic amines is 1. The number of pyridine rings is 1. The lowest BCUT2D eigenvalue weighted by atomic mass is 10.0. The fraction of sp³-hybridized carbons (Fsp3) is 0.188. The van der Waals surface area contributed by atoms with Gasteiger partial charge >= 0.3 is 0 Å². The molecule has 2 aromatic heterocycles. The molecule has 0 radical (unpaired) electrons. The van der Waals surface area contributed by atoms with Crippen LogP contribution in [0.3, 0.4) is 0 Å². The molecule has 96 valence electrons. The standard InChI is InChI=1S/C16H17N3/c17-10-13-5-3-12(4-6-13)7-8-14-11-19-16-15(14)2-1-9-18-16/h1-6,9,11H,7-8,10,17H2,(H,18,19).